The van der Waals surface area contributed by atoms with E-state index < -0.39 is 0 Å². The summed E-state index contributed by atoms with van der Waals surface area (Å²) < 4.78 is 1.80. The lowest BCUT2D eigenvalue weighted by Gasteiger charge is -2.06. The van der Waals surface area contributed by atoms with Crippen LogP contribution in [0.4, 0.5) is 0 Å². The van der Waals surface area contributed by atoms with Crippen LogP contribution >= 0.6 is 0 Å². The van der Waals surface area contributed by atoms with Crippen LogP contribution in [0.3, 0.4) is 0 Å². The van der Waals surface area contributed by atoms with Crippen molar-refractivity contribution in [2.45, 2.75) is 0 Å². The number of nitrogens with one attached hydrogen (secondary N) is 1. The number of hydrogen-bond acceptors (Lipinski definition) is 0. The largest absolute Gasteiger partial charge is 0.587 e. The molecule has 2 nitrogen and oxygen atoms in total. The SMILES string of the molecule is [B][N+]1=C(c2ccccc2)C=C(c2ccccc2)/C1=C/c1[nH]c(-c2ccccc2)cc1-c1ccccc1. The van der Waals surface area contributed by atoms with E-state index >= 15 is 0 Å². The summed E-state index contributed by atoms with van der Waals surface area (Å²) in [7, 11) is 6.80. The molecule has 1 aliphatic rings. The third-order valence-electron chi connectivity index (χ3n) is 6.53. The summed E-state index contributed by atoms with van der Waals surface area (Å²) in [5.41, 5.74) is 10.7. The number of nitrogens with zero attached hydrogens (tertiary/aromatic N) is 1. The van der Waals surface area contributed by atoms with Crippen molar-refractivity contribution in [2.24, 2.45) is 0 Å². The molecule has 0 unspecified atom stereocenters. The van der Waals surface area contributed by atoms with Crippen molar-refractivity contribution in [1.82, 2.24) is 4.98 Å². The second-order valence-corrected chi connectivity index (χ2v) is 8.82. The van der Waals surface area contributed by atoms with Crippen LogP contribution < -0.4 is 0 Å². The Balaban J connectivity index is 1.55. The van der Waals surface area contributed by atoms with Gasteiger partial charge in [0.1, 0.15) is 0 Å². The van der Waals surface area contributed by atoms with Crippen LogP contribution in [-0.4, -0.2) is 23.2 Å². The molecule has 0 saturated heterocycles. The molecule has 0 atom stereocenters. The molecule has 36 heavy (non-hydrogen) atoms. The highest BCUT2D eigenvalue weighted by Crippen LogP contribution is 2.35. The molecule has 0 amide bonds. The molecule has 0 saturated carbocycles. The predicted molar refractivity (Wildman–Crippen MR) is 151 cm³/mol. The molecule has 1 aliphatic heterocycles. The Hall–Kier alpha value is -4.63. The molecule has 5 aromatic rings. The lowest BCUT2D eigenvalue weighted by molar-refractivity contribution is -0.296. The zero-order chi connectivity index (χ0) is 24.3. The second kappa shape index (κ2) is 9.55. The Morgan fingerprint density at radius 1 is 0.583 bits per heavy atom. The summed E-state index contributed by atoms with van der Waals surface area (Å²) in [6.07, 6.45) is 4.35. The molecule has 168 valence electrons. The Bertz CT molecular complexity index is 1590. The van der Waals surface area contributed by atoms with Crippen LogP contribution in [-0.2, 0) is 0 Å². The Morgan fingerprint density at radius 3 is 1.67 bits per heavy atom. The Labute approximate surface area is 213 Å². The molecule has 2 radical (unpaired) electrons. The molecule has 1 aromatic heterocycles. The van der Waals surface area contributed by atoms with E-state index in [0.717, 1.165) is 56.2 Å². The van der Waals surface area contributed by atoms with Crippen molar-refractivity contribution >= 4 is 25.3 Å². The summed E-state index contributed by atoms with van der Waals surface area (Å²) in [4.78, 5) is 3.68. The molecule has 0 spiro atoms. The van der Waals surface area contributed by atoms with E-state index in [-0.39, 0.29) is 0 Å². The fraction of sp³-hybridized carbons (Fsp3) is 0. The summed E-state index contributed by atoms with van der Waals surface area (Å²) in [6.45, 7) is 0. The maximum atomic E-state index is 6.80. The van der Waals surface area contributed by atoms with Gasteiger partial charge in [-0.05, 0) is 34.9 Å². The normalized spacial score (nSPS) is 14.3. The van der Waals surface area contributed by atoms with Crippen molar-refractivity contribution in [3.63, 3.8) is 0 Å². The zero-order valence-corrected chi connectivity index (χ0v) is 19.8. The molecule has 2 heterocycles. The monoisotopic (exact) mass is 459 g/mol. The molecule has 1 N–H and O–H groups in total. The highest BCUT2D eigenvalue weighted by Gasteiger charge is 2.29. The molecule has 4 aromatic carbocycles. The molecular weight excluding hydrogens is 435 g/mol. The smallest absolute Gasteiger partial charge is 0.354 e. The van der Waals surface area contributed by atoms with Crippen LogP contribution in [0.2, 0.25) is 0 Å². The van der Waals surface area contributed by atoms with Gasteiger partial charge in [-0.1, -0.05) is 109 Å². The van der Waals surface area contributed by atoms with E-state index in [1.807, 2.05) is 36.4 Å². The average molecular weight is 459 g/mol. The number of benzene rings is 4. The molecule has 3 heteroatoms. The van der Waals surface area contributed by atoms with Gasteiger partial charge in [0.05, 0.1) is 11.3 Å². The first-order valence-electron chi connectivity index (χ1n) is 12.1. The number of allylic oxidation sites excluding steroid dienone is 2. The lowest BCUT2D eigenvalue weighted by atomic mass is 9.99. The van der Waals surface area contributed by atoms with E-state index in [1.54, 1.807) is 4.49 Å². The molecule has 0 bridgehead atoms. The predicted octanol–water partition coefficient (Wildman–Crippen LogP) is 7.37. The van der Waals surface area contributed by atoms with Crippen LogP contribution in [0.1, 0.15) is 16.8 Å². The highest BCUT2D eigenvalue weighted by molar-refractivity contribution is 6.19. The standard InChI is InChI=1S/C33H24BN2/c34-36-32(27-19-11-4-12-20-27)22-29(25-15-7-2-8-16-25)33(36)23-31-28(24-13-5-1-6-14-24)21-30(35-31)26-17-9-3-10-18-26/h1-23,35H/q+1. The second-order valence-electron chi connectivity index (χ2n) is 8.82. The van der Waals surface area contributed by atoms with Crippen LogP contribution in [0.15, 0.2) is 139 Å². The van der Waals surface area contributed by atoms with Crippen molar-refractivity contribution in [2.75, 3.05) is 0 Å². The summed E-state index contributed by atoms with van der Waals surface area (Å²) in [5.74, 6) is 0. The van der Waals surface area contributed by atoms with Gasteiger partial charge in [0, 0.05) is 29.0 Å². The fourth-order valence-corrected chi connectivity index (χ4v) is 4.72. The first-order valence-corrected chi connectivity index (χ1v) is 12.1. The first-order chi connectivity index (χ1) is 17.8. The van der Waals surface area contributed by atoms with Gasteiger partial charge in [0.15, 0.2) is 11.4 Å². The van der Waals surface area contributed by atoms with Crippen molar-refractivity contribution in [1.29, 1.82) is 0 Å². The van der Waals surface area contributed by atoms with Crippen molar-refractivity contribution in [3.8, 4) is 22.4 Å². The van der Waals surface area contributed by atoms with E-state index in [4.69, 9.17) is 7.98 Å². The topological polar surface area (TPSA) is 18.8 Å². The minimum atomic E-state index is 0.943. The van der Waals surface area contributed by atoms with E-state index in [0.29, 0.717) is 0 Å². The van der Waals surface area contributed by atoms with Gasteiger partial charge in [0.25, 0.3) is 0 Å². The maximum Gasteiger partial charge on any atom is 0.587 e. The van der Waals surface area contributed by atoms with Crippen LogP contribution in [0.25, 0.3) is 34.0 Å². The van der Waals surface area contributed by atoms with Gasteiger partial charge in [-0.25, -0.2) is 0 Å². The third-order valence-corrected chi connectivity index (χ3v) is 6.53. The van der Waals surface area contributed by atoms with E-state index in [9.17, 15) is 0 Å². The number of aromatic amines is 1. The van der Waals surface area contributed by atoms with Gasteiger partial charge in [-0.3, -0.25) is 4.49 Å². The molecule has 6 rings (SSSR count). The minimum Gasteiger partial charge on any atom is -0.354 e. The minimum absolute atomic E-state index is 0.943. The van der Waals surface area contributed by atoms with E-state index in [1.165, 1.54) is 0 Å². The highest BCUT2D eigenvalue weighted by atomic mass is 15.0. The molecule has 0 fully saturated rings. The zero-order valence-electron chi connectivity index (χ0n) is 19.8. The summed E-state index contributed by atoms with van der Waals surface area (Å²) >= 11 is 0. The quantitative estimate of drug-likeness (QED) is 0.265. The Kier molecular flexibility index (Phi) is 5.81. The number of aromatic nitrogens is 1. The van der Waals surface area contributed by atoms with Gasteiger partial charge in [0.2, 0.25) is 0 Å². The average Bonchev–Trinajstić information content (AvgIpc) is 3.52. The molecular formula is C33H24BN2+. The van der Waals surface area contributed by atoms with Crippen LogP contribution in [0.5, 0.6) is 0 Å². The maximum absolute atomic E-state index is 6.80. The van der Waals surface area contributed by atoms with Gasteiger partial charge in [-0.2, -0.15) is 0 Å². The fourth-order valence-electron chi connectivity index (χ4n) is 4.72. The van der Waals surface area contributed by atoms with Crippen molar-refractivity contribution < 1.29 is 4.49 Å². The Morgan fingerprint density at radius 2 is 1.08 bits per heavy atom. The van der Waals surface area contributed by atoms with Crippen molar-refractivity contribution in [3.05, 3.63) is 156 Å². The van der Waals surface area contributed by atoms with E-state index in [2.05, 4.69) is 108 Å². The summed E-state index contributed by atoms with van der Waals surface area (Å²) in [6, 6.07) is 43.8. The first kappa shape index (κ1) is 21.9. The summed E-state index contributed by atoms with van der Waals surface area (Å²) in [5, 5.41) is 0. The van der Waals surface area contributed by atoms with Crippen LogP contribution in [0, 0.1) is 0 Å². The van der Waals surface area contributed by atoms with Gasteiger partial charge < -0.3 is 4.98 Å². The number of rotatable bonds is 5. The van der Waals surface area contributed by atoms with Gasteiger partial charge in [-0.15, -0.1) is 0 Å². The number of hydrogen-bond donors (Lipinski definition) is 1. The third kappa shape index (κ3) is 4.16. The molecule has 0 aliphatic carbocycles. The lowest BCUT2D eigenvalue weighted by Crippen LogP contribution is -2.12. The number of H-pyrrole nitrogens is 1. The van der Waals surface area contributed by atoms with Gasteiger partial charge >= 0.3 is 7.98 Å².